The summed E-state index contributed by atoms with van der Waals surface area (Å²) in [4.78, 5) is 24.7. The Labute approximate surface area is 180 Å². The topological polar surface area (TPSA) is 43.4 Å². The van der Waals surface area contributed by atoms with Gasteiger partial charge in [0.05, 0.1) is 12.0 Å². The van der Waals surface area contributed by atoms with Crippen LogP contribution >= 0.6 is 11.8 Å². The maximum absolute atomic E-state index is 14.5. The molecule has 2 rings (SSSR count). The van der Waals surface area contributed by atoms with E-state index in [-0.39, 0.29) is 46.9 Å². The lowest BCUT2D eigenvalue weighted by Gasteiger charge is -2.38. The fraction of sp³-hybridized carbons (Fsp3) is 0.273. The summed E-state index contributed by atoms with van der Waals surface area (Å²) in [5.74, 6) is -12.2. The van der Waals surface area contributed by atoms with Crippen molar-refractivity contribution < 1.29 is 36.3 Å². The van der Waals surface area contributed by atoms with E-state index in [1.807, 2.05) is 0 Å². The molecule has 0 amide bonds. The number of hydrogen-bond acceptors (Lipinski definition) is 4. The summed E-state index contributed by atoms with van der Waals surface area (Å²) < 4.78 is 73.0. The SMILES string of the molecule is C=CCC1=C(C)C(Sc2c(F)c(F)c(F)c(F)c2F)(C(=O)OC)C(C)=C(CC=C)C1=O. The first-order valence-corrected chi connectivity index (χ1v) is 9.78. The first kappa shape index (κ1) is 24.6. The summed E-state index contributed by atoms with van der Waals surface area (Å²) >= 11 is 0.105. The van der Waals surface area contributed by atoms with Crippen LogP contribution < -0.4 is 0 Å². The van der Waals surface area contributed by atoms with Gasteiger partial charge in [-0.3, -0.25) is 4.79 Å². The Bertz CT molecular complexity index is 991. The maximum Gasteiger partial charge on any atom is 0.330 e. The van der Waals surface area contributed by atoms with Crippen LogP contribution in [0.25, 0.3) is 0 Å². The van der Waals surface area contributed by atoms with E-state index in [2.05, 4.69) is 13.2 Å². The lowest BCUT2D eigenvalue weighted by molar-refractivity contribution is -0.141. The van der Waals surface area contributed by atoms with E-state index in [0.717, 1.165) is 7.11 Å². The second-order valence-corrected chi connectivity index (χ2v) is 7.92. The van der Waals surface area contributed by atoms with Crippen LogP contribution in [-0.2, 0) is 14.3 Å². The maximum atomic E-state index is 14.5. The van der Waals surface area contributed by atoms with E-state index in [4.69, 9.17) is 4.74 Å². The fourth-order valence-electron chi connectivity index (χ4n) is 3.48. The third kappa shape index (κ3) is 3.75. The summed E-state index contributed by atoms with van der Waals surface area (Å²) in [7, 11) is 1.01. The molecule has 1 aliphatic rings. The van der Waals surface area contributed by atoms with Crippen molar-refractivity contribution in [2.24, 2.45) is 0 Å². The number of allylic oxidation sites excluding steroid dienone is 4. The van der Waals surface area contributed by atoms with Gasteiger partial charge in [-0.1, -0.05) is 23.9 Å². The number of esters is 1. The molecule has 0 saturated carbocycles. The predicted octanol–water partition coefficient (Wildman–Crippen LogP) is 5.75. The lowest BCUT2D eigenvalue weighted by atomic mass is 9.75. The summed E-state index contributed by atoms with van der Waals surface area (Å²) in [6.45, 7) is 9.88. The van der Waals surface area contributed by atoms with Crippen molar-refractivity contribution in [1.29, 1.82) is 0 Å². The molecule has 0 radical (unpaired) electrons. The summed E-state index contributed by atoms with van der Waals surface area (Å²) in [5.41, 5.74) is 0.338. The smallest absolute Gasteiger partial charge is 0.330 e. The number of hydrogen-bond donors (Lipinski definition) is 0. The predicted molar refractivity (Wildman–Crippen MR) is 107 cm³/mol. The summed E-state index contributed by atoms with van der Waals surface area (Å²) in [6, 6.07) is 0. The lowest BCUT2D eigenvalue weighted by Crippen LogP contribution is -2.44. The van der Waals surface area contributed by atoms with E-state index < -0.39 is 50.5 Å². The van der Waals surface area contributed by atoms with Gasteiger partial charge < -0.3 is 4.74 Å². The standard InChI is InChI=1S/C22H19F5O3S/c1-6-8-12-10(3)22(21(29)30-5,11(4)13(9-7-2)19(12)28)31-20-17(26)15(24)14(23)16(25)18(20)27/h6-7H,1-2,8-9H2,3-5H3. The molecule has 0 N–H and O–H groups in total. The van der Waals surface area contributed by atoms with Crippen LogP contribution in [0.3, 0.4) is 0 Å². The largest absolute Gasteiger partial charge is 0.467 e. The number of ether oxygens (including phenoxy) is 1. The highest BCUT2D eigenvalue weighted by Gasteiger charge is 2.51. The number of benzene rings is 1. The van der Waals surface area contributed by atoms with Crippen molar-refractivity contribution in [3.63, 3.8) is 0 Å². The van der Waals surface area contributed by atoms with Crippen LogP contribution in [-0.4, -0.2) is 23.6 Å². The second kappa shape index (κ2) is 9.21. The number of halogens is 5. The Balaban J connectivity index is 2.96. The molecule has 1 aromatic rings. The normalized spacial score (nSPS) is 15.9. The number of ketones is 1. The molecule has 0 fully saturated rings. The van der Waals surface area contributed by atoms with E-state index in [0.29, 0.717) is 0 Å². The van der Waals surface area contributed by atoms with Gasteiger partial charge >= 0.3 is 5.97 Å². The number of carbonyl (C=O) groups excluding carboxylic acids is 2. The summed E-state index contributed by atoms with van der Waals surface area (Å²) in [6.07, 6.45) is 2.81. The van der Waals surface area contributed by atoms with Gasteiger partial charge in [-0.25, -0.2) is 26.7 Å². The van der Waals surface area contributed by atoms with Crippen LogP contribution in [0.4, 0.5) is 22.0 Å². The van der Waals surface area contributed by atoms with Crippen molar-refractivity contribution in [2.45, 2.75) is 36.3 Å². The van der Waals surface area contributed by atoms with Gasteiger partial charge in [0.2, 0.25) is 5.82 Å². The van der Waals surface area contributed by atoms with Gasteiger partial charge in [0.15, 0.2) is 33.8 Å². The molecular weight excluding hydrogens is 439 g/mol. The van der Waals surface area contributed by atoms with Gasteiger partial charge in [-0.2, -0.15) is 0 Å². The van der Waals surface area contributed by atoms with Gasteiger partial charge in [-0.05, 0) is 37.8 Å². The fourth-order valence-corrected chi connectivity index (χ4v) is 4.87. The highest BCUT2D eigenvalue weighted by Crippen LogP contribution is 2.52. The Morgan fingerprint density at radius 1 is 0.903 bits per heavy atom. The van der Waals surface area contributed by atoms with Crippen LogP contribution in [0, 0.1) is 29.1 Å². The number of thioether (sulfide) groups is 1. The van der Waals surface area contributed by atoms with Crippen LogP contribution in [0.1, 0.15) is 26.7 Å². The molecule has 0 atom stereocenters. The van der Waals surface area contributed by atoms with Crippen molar-refractivity contribution in [3.8, 4) is 0 Å². The van der Waals surface area contributed by atoms with Gasteiger partial charge in [0.25, 0.3) is 0 Å². The Morgan fingerprint density at radius 3 is 1.65 bits per heavy atom. The monoisotopic (exact) mass is 458 g/mol. The van der Waals surface area contributed by atoms with Gasteiger partial charge in [0.1, 0.15) is 0 Å². The first-order chi connectivity index (χ1) is 14.5. The molecule has 0 bridgehead atoms. The molecule has 3 nitrogen and oxygen atoms in total. The number of carbonyl (C=O) groups is 2. The highest BCUT2D eigenvalue weighted by atomic mass is 32.2. The zero-order valence-electron chi connectivity index (χ0n) is 17.0. The Kier molecular flexibility index (Phi) is 7.31. The van der Waals surface area contributed by atoms with Crippen LogP contribution in [0.2, 0.25) is 0 Å². The average Bonchev–Trinajstić information content (AvgIpc) is 2.76. The molecule has 1 aromatic carbocycles. The van der Waals surface area contributed by atoms with E-state index in [9.17, 15) is 31.5 Å². The molecule has 31 heavy (non-hydrogen) atoms. The molecule has 0 aromatic heterocycles. The van der Waals surface area contributed by atoms with Crippen molar-refractivity contribution in [3.05, 3.63) is 76.7 Å². The highest BCUT2D eigenvalue weighted by molar-refractivity contribution is 8.02. The van der Waals surface area contributed by atoms with Crippen molar-refractivity contribution in [1.82, 2.24) is 0 Å². The van der Waals surface area contributed by atoms with Gasteiger partial charge in [0, 0.05) is 11.1 Å². The Hall–Kier alpha value is -2.68. The molecule has 166 valence electrons. The van der Waals surface area contributed by atoms with Crippen molar-refractivity contribution in [2.75, 3.05) is 7.11 Å². The van der Waals surface area contributed by atoms with E-state index >= 15 is 0 Å². The van der Waals surface area contributed by atoms with E-state index in [1.54, 1.807) is 0 Å². The molecular formula is C22H19F5O3S. The molecule has 9 heteroatoms. The molecule has 0 aliphatic heterocycles. The number of rotatable bonds is 7. The third-order valence-corrected chi connectivity index (χ3v) is 6.75. The minimum Gasteiger partial charge on any atom is -0.467 e. The van der Waals surface area contributed by atoms with Crippen molar-refractivity contribution >= 4 is 23.5 Å². The zero-order chi connectivity index (χ0) is 23.7. The van der Waals surface area contributed by atoms with Gasteiger partial charge in [-0.15, -0.1) is 13.2 Å². The minimum absolute atomic E-state index is 0.00893. The van der Waals surface area contributed by atoms with E-state index in [1.165, 1.54) is 26.0 Å². The minimum atomic E-state index is -2.32. The molecule has 0 unspecified atom stereocenters. The first-order valence-electron chi connectivity index (χ1n) is 8.96. The molecule has 1 aliphatic carbocycles. The quantitative estimate of drug-likeness (QED) is 0.172. The Morgan fingerprint density at radius 2 is 1.29 bits per heavy atom. The molecule has 0 spiro atoms. The number of Topliss-reactive ketones (excluding diaryl/α,β-unsaturated/α-hetero) is 1. The molecule has 0 saturated heterocycles. The summed E-state index contributed by atoms with van der Waals surface area (Å²) in [5, 5.41) is 0. The second-order valence-electron chi connectivity index (χ2n) is 6.70. The third-order valence-electron chi connectivity index (χ3n) is 5.10. The zero-order valence-corrected chi connectivity index (χ0v) is 17.8. The molecule has 0 heterocycles. The number of methoxy groups -OCH3 is 1. The van der Waals surface area contributed by atoms with Crippen LogP contribution in [0.5, 0.6) is 0 Å². The van der Waals surface area contributed by atoms with Crippen LogP contribution in [0.15, 0.2) is 52.5 Å². The average molecular weight is 458 g/mol.